The van der Waals surface area contributed by atoms with Crippen molar-refractivity contribution in [2.45, 2.75) is 52.2 Å². The number of hydrogen-bond donors (Lipinski definition) is 1. The summed E-state index contributed by atoms with van der Waals surface area (Å²) in [5.74, 6) is -0.0840. The fourth-order valence-electron chi connectivity index (χ4n) is 3.77. The van der Waals surface area contributed by atoms with Crippen LogP contribution in [0.1, 0.15) is 66.3 Å². The number of carbonyl (C=O) groups is 2. The second-order valence-corrected chi connectivity index (χ2v) is 9.07. The number of ether oxygens (including phenoxy) is 5. The summed E-state index contributed by atoms with van der Waals surface area (Å²) in [5.41, 5.74) is 1.36. The van der Waals surface area contributed by atoms with Crippen LogP contribution in [0.3, 0.4) is 0 Å². The molecule has 0 aliphatic rings. The van der Waals surface area contributed by atoms with E-state index in [1.54, 1.807) is 50.2 Å². The zero-order valence-electron chi connectivity index (χ0n) is 23.4. The molecule has 0 fully saturated rings. The van der Waals surface area contributed by atoms with E-state index >= 15 is 0 Å². The van der Waals surface area contributed by atoms with Gasteiger partial charge in [-0.05, 0) is 68.9 Å². The molecule has 3 atom stereocenters. The van der Waals surface area contributed by atoms with Crippen LogP contribution >= 0.6 is 0 Å². The van der Waals surface area contributed by atoms with Crippen LogP contribution in [-0.4, -0.2) is 56.9 Å². The number of benzene rings is 2. The summed E-state index contributed by atoms with van der Waals surface area (Å²) in [5, 5.41) is 9.62. The van der Waals surface area contributed by atoms with Crippen molar-refractivity contribution in [1.29, 1.82) is 0 Å². The zero-order valence-corrected chi connectivity index (χ0v) is 23.4. The van der Waals surface area contributed by atoms with Crippen LogP contribution in [0.2, 0.25) is 0 Å². The molecule has 0 saturated carbocycles. The summed E-state index contributed by atoms with van der Waals surface area (Å²) in [6, 6.07) is 12.2. The van der Waals surface area contributed by atoms with Gasteiger partial charge in [0.25, 0.3) is 0 Å². The molecule has 0 aliphatic heterocycles. The molecule has 8 nitrogen and oxygen atoms in total. The first-order valence-electron chi connectivity index (χ1n) is 13.1. The summed E-state index contributed by atoms with van der Waals surface area (Å²) >= 11 is 0. The Morgan fingerprint density at radius 2 is 1.77 bits per heavy atom. The monoisotopic (exact) mass is 540 g/mol. The Kier molecular flexibility index (Phi) is 13.8. The van der Waals surface area contributed by atoms with Crippen LogP contribution in [-0.2, 0) is 14.2 Å². The van der Waals surface area contributed by atoms with E-state index in [0.29, 0.717) is 41.9 Å². The molecule has 212 valence electrons. The molecule has 0 saturated heterocycles. The largest absolute Gasteiger partial charge is 0.497 e. The second-order valence-electron chi connectivity index (χ2n) is 9.07. The quantitative estimate of drug-likeness (QED) is 0.161. The Morgan fingerprint density at radius 3 is 2.41 bits per heavy atom. The van der Waals surface area contributed by atoms with E-state index in [1.165, 1.54) is 14.2 Å². The van der Waals surface area contributed by atoms with Crippen molar-refractivity contribution in [3.8, 4) is 11.5 Å². The van der Waals surface area contributed by atoms with E-state index in [9.17, 15) is 14.7 Å². The lowest BCUT2D eigenvalue weighted by Gasteiger charge is -2.21. The molecule has 0 aliphatic carbocycles. The molecule has 0 amide bonds. The standard InChI is InChI=1S/C31H40O8/c1-6-37-31(34)29-25(19-26(36-5)20-28(29)38-21-35-4)17-11-10-13-22(2)27(18-12-14-23(3)32)39-30(33)24-15-8-7-9-16-24/h7-9,11-12,15-20,22-23,27,32H,6,10,13-14,21H2,1-5H3/b17-11+,18-12-/t22-,23-,27?/m0/s1. The van der Waals surface area contributed by atoms with Crippen molar-refractivity contribution < 1.29 is 38.4 Å². The number of aliphatic hydroxyl groups is 1. The van der Waals surface area contributed by atoms with E-state index in [1.807, 2.05) is 37.3 Å². The summed E-state index contributed by atoms with van der Waals surface area (Å²) < 4.78 is 27.1. The van der Waals surface area contributed by atoms with Crippen molar-refractivity contribution in [2.75, 3.05) is 27.6 Å². The van der Waals surface area contributed by atoms with E-state index < -0.39 is 24.1 Å². The summed E-state index contributed by atoms with van der Waals surface area (Å²) in [7, 11) is 3.03. The first kappa shape index (κ1) is 31.6. The van der Waals surface area contributed by atoms with Crippen LogP contribution in [0, 0.1) is 5.92 Å². The van der Waals surface area contributed by atoms with Gasteiger partial charge in [-0.15, -0.1) is 0 Å². The fraction of sp³-hybridized carbons (Fsp3) is 0.419. The third-order valence-electron chi connectivity index (χ3n) is 5.86. The molecular formula is C31H40O8. The average molecular weight is 541 g/mol. The predicted octanol–water partition coefficient (Wildman–Crippen LogP) is 5.84. The molecule has 1 N–H and O–H groups in total. The molecule has 0 spiro atoms. The minimum Gasteiger partial charge on any atom is -0.497 e. The first-order chi connectivity index (χ1) is 18.8. The molecule has 2 aromatic carbocycles. The number of carbonyl (C=O) groups excluding carboxylic acids is 2. The Bertz CT molecular complexity index is 1090. The molecule has 0 aromatic heterocycles. The minimum absolute atomic E-state index is 0.0111. The second kappa shape index (κ2) is 17.1. The highest BCUT2D eigenvalue weighted by molar-refractivity contribution is 5.97. The Hall–Kier alpha value is -3.62. The van der Waals surface area contributed by atoms with Gasteiger partial charge in [0, 0.05) is 13.2 Å². The average Bonchev–Trinajstić information content (AvgIpc) is 2.93. The maximum atomic E-state index is 12.8. The maximum Gasteiger partial charge on any atom is 0.342 e. The normalized spacial score (nSPS) is 13.7. The number of aliphatic hydroxyl groups excluding tert-OH is 1. The number of methoxy groups -OCH3 is 2. The molecular weight excluding hydrogens is 500 g/mol. The molecule has 0 radical (unpaired) electrons. The topological polar surface area (TPSA) is 101 Å². The van der Waals surface area contributed by atoms with Gasteiger partial charge in [-0.1, -0.05) is 43.4 Å². The summed E-state index contributed by atoms with van der Waals surface area (Å²) in [4.78, 5) is 25.5. The molecule has 1 unspecified atom stereocenters. The van der Waals surface area contributed by atoms with Crippen LogP contribution < -0.4 is 9.47 Å². The summed E-state index contributed by atoms with van der Waals surface area (Å²) in [6.07, 6.45) is 8.31. The minimum atomic E-state index is -0.504. The van der Waals surface area contributed by atoms with Crippen LogP contribution in [0.4, 0.5) is 0 Å². The van der Waals surface area contributed by atoms with Gasteiger partial charge in [0.05, 0.1) is 25.4 Å². The van der Waals surface area contributed by atoms with Crippen LogP contribution in [0.25, 0.3) is 6.08 Å². The van der Waals surface area contributed by atoms with Gasteiger partial charge in [0.1, 0.15) is 23.2 Å². The van der Waals surface area contributed by atoms with Gasteiger partial charge >= 0.3 is 11.9 Å². The highest BCUT2D eigenvalue weighted by Gasteiger charge is 2.21. The van der Waals surface area contributed by atoms with Crippen molar-refractivity contribution in [3.05, 3.63) is 77.4 Å². The molecule has 39 heavy (non-hydrogen) atoms. The SMILES string of the molecule is CCOC(=O)c1c(/C=C/CC[C@H](C)C(/C=C\C[C@H](C)O)OC(=O)c2ccccc2)cc(OC)cc1OCOC. The van der Waals surface area contributed by atoms with Crippen molar-refractivity contribution in [1.82, 2.24) is 0 Å². The smallest absolute Gasteiger partial charge is 0.342 e. The van der Waals surface area contributed by atoms with E-state index in [2.05, 4.69) is 0 Å². The third-order valence-corrected chi connectivity index (χ3v) is 5.86. The number of hydrogen-bond acceptors (Lipinski definition) is 8. The lowest BCUT2D eigenvalue weighted by atomic mass is 9.97. The molecule has 0 bridgehead atoms. The van der Waals surface area contributed by atoms with Crippen molar-refractivity contribution in [3.63, 3.8) is 0 Å². The van der Waals surface area contributed by atoms with Crippen molar-refractivity contribution in [2.24, 2.45) is 5.92 Å². The fourth-order valence-corrected chi connectivity index (χ4v) is 3.77. The van der Waals surface area contributed by atoms with Gasteiger partial charge in [-0.25, -0.2) is 9.59 Å². The first-order valence-corrected chi connectivity index (χ1v) is 13.1. The number of allylic oxidation sites excluding steroid dienone is 1. The van der Waals surface area contributed by atoms with E-state index in [0.717, 1.165) is 0 Å². The Morgan fingerprint density at radius 1 is 1.03 bits per heavy atom. The molecule has 8 heteroatoms. The van der Waals surface area contributed by atoms with Crippen LogP contribution in [0.5, 0.6) is 11.5 Å². The highest BCUT2D eigenvalue weighted by Crippen LogP contribution is 2.31. The van der Waals surface area contributed by atoms with Gasteiger partial charge in [-0.3, -0.25) is 0 Å². The van der Waals surface area contributed by atoms with Gasteiger partial charge in [0.2, 0.25) is 0 Å². The van der Waals surface area contributed by atoms with Gasteiger partial charge in [0.15, 0.2) is 6.79 Å². The Balaban J connectivity index is 2.20. The highest BCUT2D eigenvalue weighted by atomic mass is 16.7. The third kappa shape index (κ3) is 10.6. The predicted molar refractivity (Wildman–Crippen MR) is 150 cm³/mol. The van der Waals surface area contributed by atoms with Crippen LogP contribution in [0.15, 0.2) is 60.7 Å². The zero-order chi connectivity index (χ0) is 28.6. The number of rotatable bonds is 16. The molecule has 2 aromatic rings. The Labute approximate surface area is 231 Å². The molecule has 2 rings (SSSR count). The van der Waals surface area contributed by atoms with E-state index in [-0.39, 0.29) is 24.9 Å². The summed E-state index contributed by atoms with van der Waals surface area (Å²) in [6.45, 7) is 5.64. The van der Waals surface area contributed by atoms with E-state index in [4.69, 9.17) is 23.7 Å². The van der Waals surface area contributed by atoms with Crippen molar-refractivity contribution >= 4 is 18.0 Å². The number of esters is 2. The van der Waals surface area contributed by atoms with Gasteiger partial charge < -0.3 is 28.8 Å². The van der Waals surface area contributed by atoms with Gasteiger partial charge in [-0.2, -0.15) is 0 Å². The lowest BCUT2D eigenvalue weighted by Crippen LogP contribution is -2.23. The maximum absolute atomic E-state index is 12.8. The lowest BCUT2D eigenvalue weighted by molar-refractivity contribution is 0.0283. The molecule has 0 heterocycles.